The lowest BCUT2D eigenvalue weighted by Crippen LogP contribution is -2.40. The van der Waals surface area contributed by atoms with Crippen molar-refractivity contribution in [1.29, 1.82) is 0 Å². The molecule has 0 saturated carbocycles. The number of nitrogens with zero attached hydrogens (tertiary/aromatic N) is 2. The Bertz CT molecular complexity index is 952. The second-order valence-corrected chi connectivity index (χ2v) is 9.20. The summed E-state index contributed by atoms with van der Waals surface area (Å²) in [5, 5.41) is 4.46. The fraction of sp³-hybridized carbons (Fsp3) is 0.263. The highest BCUT2D eigenvalue weighted by Gasteiger charge is 2.33. The van der Waals surface area contributed by atoms with Crippen molar-refractivity contribution in [3.05, 3.63) is 68.2 Å². The van der Waals surface area contributed by atoms with Crippen LogP contribution in [0.5, 0.6) is 0 Å². The summed E-state index contributed by atoms with van der Waals surface area (Å²) >= 11 is 4.49. The van der Waals surface area contributed by atoms with E-state index < -0.39 is 11.7 Å². The minimum Gasteiger partial charge on any atom is -0.330 e. The van der Waals surface area contributed by atoms with Gasteiger partial charge in [-0.15, -0.1) is 22.7 Å². The van der Waals surface area contributed by atoms with Crippen LogP contribution in [0.1, 0.15) is 26.9 Å². The monoisotopic (exact) mass is 440 g/mol. The number of thioether (sulfide) groups is 1. The molecular formula is C19H15F3N2OS3. The number of pyridine rings is 1. The number of rotatable bonds is 4. The van der Waals surface area contributed by atoms with Crippen LogP contribution in [0.25, 0.3) is 0 Å². The maximum atomic E-state index is 12.9. The average Bonchev–Trinajstić information content (AvgIpc) is 3.36. The fourth-order valence-corrected chi connectivity index (χ4v) is 5.68. The predicted octanol–water partition coefficient (Wildman–Crippen LogP) is 5.49. The molecule has 3 aromatic rings. The van der Waals surface area contributed by atoms with Crippen molar-refractivity contribution in [2.75, 3.05) is 12.3 Å². The molecule has 9 heteroatoms. The first-order valence-corrected chi connectivity index (χ1v) is 11.2. The molecule has 28 heavy (non-hydrogen) atoms. The predicted molar refractivity (Wildman–Crippen MR) is 106 cm³/mol. The van der Waals surface area contributed by atoms with Gasteiger partial charge in [0.1, 0.15) is 0 Å². The number of alkyl halides is 3. The average molecular weight is 441 g/mol. The molecule has 0 radical (unpaired) electrons. The summed E-state index contributed by atoms with van der Waals surface area (Å²) in [5.74, 6) is 0.0987. The lowest BCUT2D eigenvalue weighted by Gasteiger charge is -2.35. The van der Waals surface area contributed by atoms with Gasteiger partial charge in [0.25, 0.3) is 0 Å². The SMILES string of the molecule is O=C(CSc1ccc(C(F)(F)F)cn1)N1CCc2sccc2C1c1cccs1. The van der Waals surface area contributed by atoms with Gasteiger partial charge in [-0.3, -0.25) is 4.79 Å². The minimum atomic E-state index is -4.41. The number of hydrogen-bond donors (Lipinski definition) is 0. The van der Waals surface area contributed by atoms with Gasteiger partial charge < -0.3 is 4.90 Å². The molecule has 0 aromatic carbocycles. The molecule has 0 fully saturated rings. The van der Waals surface area contributed by atoms with E-state index in [9.17, 15) is 18.0 Å². The van der Waals surface area contributed by atoms with Crippen LogP contribution in [-0.4, -0.2) is 28.1 Å². The summed E-state index contributed by atoms with van der Waals surface area (Å²) in [5.41, 5.74) is 0.381. The third-order valence-corrected chi connectivity index (χ3v) is 7.36. The van der Waals surface area contributed by atoms with E-state index in [1.54, 1.807) is 22.7 Å². The van der Waals surface area contributed by atoms with Crippen molar-refractivity contribution in [2.45, 2.75) is 23.7 Å². The van der Waals surface area contributed by atoms with Gasteiger partial charge in [-0.2, -0.15) is 13.2 Å². The zero-order valence-electron chi connectivity index (χ0n) is 14.5. The van der Waals surface area contributed by atoms with Gasteiger partial charge in [-0.25, -0.2) is 4.98 Å². The van der Waals surface area contributed by atoms with Crippen LogP contribution in [0, 0.1) is 0 Å². The topological polar surface area (TPSA) is 33.2 Å². The summed E-state index contributed by atoms with van der Waals surface area (Å²) in [6.07, 6.45) is -2.78. The Labute approximate surface area is 172 Å². The summed E-state index contributed by atoms with van der Waals surface area (Å²) in [4.78, 5) is 21.1. The van der Waals surface area contributed by atoms with Crippen molar-refractivity contribution in [3.63, 3.8) is 0 Å². The van der Waals surface area contributed by atoms with Crippen LogP contribution in [0.15, 0.2) is 52.3 Å². The fourth-order valence-electron chi connectivity index (χ4n) is 3.19. The second kappa shape index (κ2) is 7.88. The number of aromatic nitrogens is 1. The van der Waals surface area contributed by atoms with Crippen molar-refractivity contribution in [2.24, 2.45) is 0 Å². The minimum absolute atomic E-state index is 0.0399. The summed E-state index contributed by atoms with van der Waals surface area (Å²) in [6.45, 7) is 0.635. The number of amides is 1. The van der Waals surface area contributed by atoms with Gasteiger partial charge in [-0.1, -0.05) is 17.8 Å². The van der Waals surface area contributed by atoms with Crippen molar-refractivity contribution in [3.8, 4) is 0 Å². The lowest BCUT2D eigenvalue weighted by molar-refractivity contribution is -0.138. The van der Waals surface area contributed by atoms with Crippen LogP contribution in [0.4, 0.5) is 13.2 Å². The molecule has 1 unspecified atom stereocenters. The van der Waals surface area contributed by atoms with E-state index in [1.165, 1.54) is 16.5 Å². The number of halogens is 3. The van der Waals surface area contributed by atoms with E-state index in [0.29, 0.717) is 11.6 Å². The maximum absolute atomic E-state index is 12.9. The smallest absolute Gasteiger partial charge is 0.330 e. The molecule has 0 spiro atoms. The zero-order chi connectivity index (χ0) is 19.7. The zero-order valence-corrected chi connectivity index (χ0v) is 16.9. The second-order valence-electron chi connectivity index (χ2n) is 6.23. The molecule has 0 saturated heterocycles. The highest BCUT2D eigenvalue weighted by atomic mass is 32.2. The van der Waals surface area contributed by atoms with Gasteiger partial charge >= 0.3 is 6.18 Å². The Hall–Kier alpha value is -1.84. The van der Waals surface area contributed by atoms with E-state index >= 15 is 0 Å². The third kappa shape index (κ3) is 3.97. The van der Waals surface area contributed by atoms with Crippen LogP contribution in [0.3, 0.4) is 0 Å². The maximum Gasteiger partial charge on any atom is 0.417 e. The first-order chi connectivity index (χ1) is 13.4. The molecule has 1 aliphatic rings. The molecule has 0 N–H and O–H groups in total. The van der Waals surface area contributed by atoms with Crippen LogP contribution >= 0.6 is 34.4 Å². The van der Waals surface area contributed by atoms with Crippen LogP contribution in [0.2, 0.25) is 0 Å². The normalized spacial score (nSPS) is 16.8. The number of carbonyl (C=O) groups is 1. The number of fused-ring (bicyclic) bond motifs is 1. The molecule has 0 bridgehead atoms. The first-order valence-electron chi connectivity index (χ1n) is 8.48. The van der Waals surface area contributed by atoms with E-state index in [2.05, 4.69) is 16.4 Å². The Morgan fingerprint density at radius 3 is 2.75 bits per heavy atom. The number of hydrogen-bond acceptors (Lipinski definition) is 5. The third-order valence-electron chi connectivity index (χ3n) is 4.51. The molecule has 1 atom stereocenters. The lowest BCUT2D eigenvalue weighted by atomic mass is 9.98. The van der Waals surface area contributed by atoms with Gasteiger partial charge in [-0.05, 0) is 47.0 Å². The van der Waals surface area contributed by atoms with Crippen LogP contribution in [-0.2, 0) is 17.4 Å². The van der Waals surface area contributed by atoms with E-state index in [-0.39, 0.29) is 17.7 Å². The standard InChI is InChI=1S/C19H15F3N2OS3/c20-19(21,22)12-3-4-16(23-10-12)28-11-17(25)24-7-5-14-13(6-9-27-14)18(24)15-2-1-8-26-15/h1-4,6,8-10,18H,5,7,11H2. The van der Waals surface area contributed by atoms with Gasteiger partial charge in [0.05, 0.1) is 22.4 Å². The van der Waals surface area contributed by atoms with Crippen molar-refractivity contribution >= 4 is 40.3 Å². The molecule has 1 amide bonds. The number of carbonyl (C=O) groups excluding carboxylic acids is 1. The van der Waals surface area contributed by atoms with Gasteiger partial charge in [0.2, 0.25) is 5.91 Å². The quantitative estimate of drug-likeness (QED) is 0.503. The molecule has 0 aliphatic carbocycles. The number of thiophene rings is 2. The largest absolute Gasteiger partial charge is 0.417 e. The van der Waals surface area contributed by atoms with E-state index in [4.69, 9.17) is 0 Å². The van der Waals surface area contributed by atoms with E-state index in [0.717, 1.165) is 35.3 Å². The molecule has 1 aliphatic heterocycles. The molecular weight excluding hydrogens is 425 g/mol. The van der Waals surface area contributed by atoms with E-state index in [1.807, 2.05) is 22.4 Å². The van der Waals surface area contributed by atoms with Crippen molar-refractivity contribution < 1.29 is 18.0 Å². The first kappa shape index (κ1) is 19.5. The molecule has 4 heterocycles. The Kier molecular flexibility index (Phi) is 5.48. The molecule has 3 nitrogen and oxygen atoms in total. The summed E-state index contributed by atoms with van der Waals surface area (Å²) < 4.78 is 37.9. The van der Waals surface area contributed by atoms with Gasteiger partial charge in [0.15, 0.2) is 0 Å². The van der Waals surface area contributed by atoms with Crippen molar-refractivity contribution in [1.82, 2.24) is 9.88 Å². The summed E-state index contributed by atoms with van der Waals surface area (Å²) in [6, 6.07) is 8.30. The highest BCUT2D eigenvalue weighted by Crippen LogP contribution is 2.40. The molecule has 3 aromatic heterocycles. The molecule has 4 rings (SSSR count). The molecule has 146 valence electrons. The Morgan fingerprint density at radius 1 is 1.21 bits per heavy atom. The Balaban J connectivity index is 1.48. The van der Waals surface area contributed by atoms with Crippen LogP contribution < -0.4 is 0 Å². The summed E-state index contributed by atoms with van der Waals surface area (Å²) in [7, 11) is 0. The highest BCUT2D eigenvalue weighted by molar-refractivity contribution is 7.99. The van der Waals surface area contributed by atoms with Gasteiger partial charge in [0, 0.05) is 22.5 Å². The Morgan fingerprint density at radius 2 is 2.07 bits per heavy atom.